The first-order valence-corrected chi connectivity index (χ1v) is 17.5. The highest BCUT2D eigenvalue weighted by Crippen LogP contribution is 2.34. The van der Waals surface area contributed by atoms with Gasteiger partial charge in [0.25, 0.3) is 10.1 Å². The van der Waals surface area contributed by atoms with Crippen LogP contribution in [0.3, 0.4) is 0 Å². The summed E-state index contributed by atoms with van der Waals surface area (Å²) in [6.07, 6.45) is 0.718. The summed E-state index contributed by atoms with van der Waals surface area (Å²) in [6.45, 7) is 9.40. The topological polar surface area (TPSA) is 250 Å². The number of amides is 2. The standard InChI is InChI=1S/C30H55N4O13S/c1-23(35)7-6-12-34(41)13-16-45-15-11-32-26(37)20-47-18-17-46-14-10-31-19-25(36)9-8-24(21-48(42,43)44)33-27(38)29(2,3)22-30(4,5)28(39)40/h24,31H,6-22H2,1-5H3,(H,32,37)(H,33,38)(H,39,40)(H,42,43,44)/q-1. The number of nitrogens with zero attached hydrogens (tertiary/aromatic N) is 1. The lowest BCUT2D eigenvalue weighted by Crippen LogP contribution is -2.48. The lowest BCUT2D eigenvalue weighted by Gasteiger charge is -2.32. The van der Waals surface area contributed by atoms with E-state index in [0.717, 1.165) is 5.06 Å². The van der Waals surface area contributed by atoms with Crippen LogP contribution >= 0.6 is 0 Å². The molecule has 280 valence electrons. The number of nitrogens with one attached hydrogen (secondary N) is 3. The molecule has 0 spiro atoms. The van der Waals surface area contributed by atoms with E-state index in [1.54, 1.807) is 0 Å². The molecule has 0 aromatic rings. The number of hydroxylamine groups is 2. The third-order valence-corrected chi connectivity index (χ3v) is 7.76. The Balaban J connectivity index is 4.09. The van der Waals surface area contributed by atoms with Gasteiger partial charge in [0.1, 0.15) is 18.2 Å². The Morgan fingerprint density at radius 1 is 0.875 bits per heavy atom. The molecule has 48 heavy (non-hydrogen) atoms. The van der Waals surface area contributed by atoms with Gasteiger partial charge in [-0.05, 0) is 46.6 Å². The van der Waals surface area contributed by atoms with Crippen molar-refractivity contribution in [3.05, 3.63) is 5.21 Å². The normalized spacial score (nSPS) is 12.9. The van der Waals surface area contributed by atoms with E-state index in [2.05, 4.69) is 16.0 Å². The SMILES string of the molecule is CC(=O)CCCN([O-])CCOCCNC(=O)COCCOCCNCC(=O)CCC(CS(=O)(=O)O)NC(=O)C(C)(C)CC(C)(C)C(=O)O. The molecule has 0 saturated carbocycles. The highest BCUT2D eigenvalue weighted by molar-refractivity contribution is 7.85. The molecule has 5 N–H and O–H groups in total. The molecule has 0 radical (unpaired) electrons. The molecule has 0 rings (SSSR count). The number of carboxylic acid groups (broad SMARTS) is 1. The van der Waals surface area contributed by atoms with E-state index in [-0.39, 0.29) is 103 Å². The number of rotatable bonds is 30. The first kappa shape index (κ1) is 45.4. The molecule has 1 unspecified atom stereocenters. The van der Waals surface area contributed by atoms with Crippen LogP contribution in [0.1, 0.15) is 66.7 Å². The average Bonchev–Trinajstić information content (AvgIpc) is 2.95. The van der Waals surface area contributed by atoms with Crippen molar-refractivity contribution in [1.29, 1.82) is 0 Å². The predicted octanol–water partition coefficient (Wildman–Crippen LogP) is 0.160. The fourth-order valence-electron chi connectivity index (χ4n) is 4.47. The Morgan fingerprint density at radius 3 is 2.12 bits per heavy atom. The van der Waals surface area contributed by atoms with Gasteiger partial charge in [0.05, 0.1) is 50.7 Å². The van der Waals surface area contributed by atoms with Gasteiger partial charge in [0, 0.05) is 43.9 Å². The maximum atomic E-state index is 12.9. The Labute approximate surface area is 283 Å². The smallest absolute Gasteiger partial charge is 0.309 e. The minimum Gasteiger partial charge on any atom is -0.785 e. The van der Waals surface area contributed by atoms with E-state index in [9.17, 15) is 47.3 Å². The van der Waals surface area contributed by atoms with Gasteiger partial charge in [-0.2, -0.15) is 8.42 Å². The molecule has 0 aliphatic carbocycles. The summed E-state index contributed by atoms with van der Waals surface area (Å²) in [7, 11) is -4.47. The van der Waals surface area contributed by atoms with Crippen LogP contribution in [-0.2, 0) is 48.3 Å². The van der Waals surface area contributed by atoms with Crippen molar-refractivity contribution in [2.45, 2.75) is 72.8 Å². The van der Waals surface area contributed by atoms with Crippen LogP contribution < -0.4 is 16.0 Å². The molecule has 0 aliphatic heterocycles. The summed E-state index contributed by atoms with van der Waals surface area (Å²) >= 11 is 0. The van der Waals surface area contributed by atoms with E-state index in [1.165, 1.54) is 34.6 Å². The molecule has 0 aliphatic rings. The number of ketones is 2. The lowest BCUT2D eigenvalue weighted by atomic mass is 9.74. The van der Waals surface area contributed by atoms with Crippen LogP contribution in [0.5, 0.6) is 0 Å². The van der Waals surface area contributed by atoms with Crippen LogP contribution in [0, 0.1) is 16.0 Å². The predicted molar refractivity (Wildman–Crippen MR) is 176 cm³/mol. The summed E-state index contributed by atoms with van der Waals surface area (Å²) in [4.78, 5) is 59.3. The summed E-state index contributed by atoms with van der Waals surface area (Å²) < 4.78 is 48.2. The highest BCUT2D eigenvalue weighted by Gasteiger charge is 2.39. The zero-order valence-electron chi connectivity index (χ0n) is 28.8. The van der Waals surface area contributed by atoms with Crippen LogP contribution in [-0.4, -0.2) is 137 Å². The molecule has 1 atom stereocenters. The molecule has 0 aromatic carbocycles. The molecule has 17 nitrogen and oxygen atoms in total. The van der Waals surface area contributed by atoms with Gasteiger partial charge in [0.15, 0.2) is 0 Å². The molecule has 0 aromatic heterocycles. The number of Topliss-reactive ketones (excluding diaryl/α,β-unsaturated/α-hetero) is 2. The fraction of sp³-hybridized carbons (Fsp3) is 0.833. The van der Waals surface area contributed by atoms with Gasteiger partial charge in [0.2, 0.25) is 11.8 Å². The third-order valence-electron chi connectivity index (χ3n) is 6.94. The maximum absolute atomic E-state index is 12.9. The fourth-order valence-corrected chi connectivity index (χ4v) is 5.23. The molecule has 0 heterocycles. The second-order valence-corrected chi connectivity index (χ2v) is 14.3. The van der Waals surface area contributed by atoms with Crippen LogP contribution in [0.15, 0.2) is 0 Å². The summed E-state index contributed by atoms with van der Waals surface area (Å²) in [6, 6.07) is -1.06. The molecular formula is C30H55N4O13S-. The van der Waals surface area contributed by atoms with Gasteiger partial charge >= 0.3 is 5.97 Å². The minimum atomic E-state index is -4.47. The van der Waals surface area contributed by atoms with Crippen molar-refractivity contribution in [2.75, 3.05) is 78.1 Å². The van der Waals surface area contributed by atoms with Crippen molar-refractivity contribution in [1.82, 2.24) is 21.0 Å². The second-order valence-electron chi connectivity index (χ2n) is 12.8. The summed E-state index contributed by atoms with van der Waals surface area (Å²) in [5, 5.41) is 29.8. The van der Waals surface area contributed by atoms with E-state index in [1.807, 2.05) is 0 Å². The minimum absolute atomic E-state index is 0.0277. The summed E-state index contributed by atoms with van der Waals surface area (Å²) in [5.74, 6) is -3.03. The first-order valence-electron chi connectivity index (χ1n) is 15.9. The van der Waals surface area contributed by atoms with Crippen LogP contribution in [0.4, 0.5) is 0 Å². The van der Waals surface area contributed by atoms with Crippen LogP contribution in [0.2, 0.25) is 0 Å². The Morgan fingerprint density at radius 2 is 1.50 bits per heavy atom. The van der Waals surface area contributed by atoms with Crippen molar-refractivity contribution in [3.8, 4) is 0 Å². The number of aliphatic carboxylic acids is 1. The molecule has 2 amide bonds. The summed E-state index contributed by atoms with van der Waals surface area (Å²) in [5.41, 5.74) is -2.38. The van der Waals surface area contributed by atoms with E-state index in [0.29, 0.717) is 19.4 Å². The Kier molecular flexibility index (Phi) is 22.4. The van der Waals surface area contributed by atoms with Crippen molar-refractivity contribution >= 4 is 39.5 Å². The monoisotopic (exact) mass is 711 g/mol. The van der Waals surface area contributed by atoms with Gasteiger partial charge in [-0.3, -0.25) is 23.7 Å². The lowest BCUT2D eigenvalue weighted by molar-refractivity contribution is -0.150. The first-order chi connectivity index (χ1) is 22.2. The molecular weight excluding hydrogens is 656 g/mol. The molecule has 0 bridgehead atoms. The number of hydrogen-bond acceptors (Lipinski definition) is 13. The largest absolute Gasteiger partial charge is 0.785 e. The molecule has 0 fully saturated rings. The van der Waals surface area contributed by atoms with Crippen molar-refractivity contribution in [3.63, 3.8) is 0 Å². The quantitative estimate of drug-likeness (QED) is 0.0378. The van der Waals surface area contributed by atoms with Gasteiger partial charge in [-0.25, -0.2) is 0 Å². The average molecular weight is 712 g/mol. The number of hydrogen-bond donors (Lipinski definition) is 5. The zero-order valence-corrected chi connectivity index (χ0v) is 29.7. The molecule has 18 heteroatoms. The van der Waals surface area contributed by atoms with E-state index in [4.69, 9.17) is 14.2 Å². The van der Waals surface area contributed by atoms with Gasteiger partial charge in [-0.1, -0.05) is 13.8 Å². The highest BCUT2D eigenvalue weighted by atomic mass is 32.2. The number of carbonyl (C=O) groups is 5. The second kappa shape index (κ2) is 23.7. The van der Waals surface area contributed by atoms with Gasteiger partial charge < -0.3 is 50.3 Å². The van der Waals surface area contributed by atoms with Crippen molar-refractivity contribution in [2.24, 2.45) is 10.8 Å². The number of ether oxygens (including phenoxy) is 3. The van der Waals surface area contributed by atoms with Crippen LogP contribution in [0.25, 0.3) is 0 Å². The van der Waals surface area contributed by atoms with Gasteiger partial charge in [-0.15, -0.1) is 0 Å². The van der Waals surface area contributed by atoms with E-state index < -0.39 is 44.6 Å². The van der Waals surface area contributed by atoms with E-state index >= 15 is 0 Å². The Bertz CT molecular complexity index is 1120. The number of carboxylic acids is 1. The zero-order chi connectivity index (χ0) is 36.8. The maximum Gasteiger partial charge on any atom is 0.309 e. The van der Waals surface area contributed by atoms with Crippen molar-refractivity contribution < 1.29 is 56.3 Å². The molecule has 0 saturated heterocycles. The Hall–Kier alpha value is -2.58. The third kappa shape index (κ3) is 24.5. The number of carbonyl (C=O) groups excluding carboxylic acids is 4.